The van der Waals surface area contributed by atoms with E-state index in [0.29, 0.717) is 18.5 Å². The number of aromatic hydroxyl groups is 2. The zero-order valence-corrected chi connectivity index (χ0v) is 12.9. The molecule has 6 heteroatoms. The topological polar surface area (TPSA) is 69.5 Å². The second-order valence-corrected chi connectivity index (χ2v) is 6.51. The number of rotatable bonds is 0. The van der Waals surface area contributed by atoms with Gasteiger partial charge in [0.25, 0.3) is 0 Å². The molecule has 1 aliphatic carbocycles. The third kappa shape index (κ3) is 1.76. The average Bonchev–Trinajstić information content (AvgIpc) is 2.83. The molecule has 0 unspecified atom stereocenters. The lowest BCUT2D eigenvalue weighted by molar-refractivity contribution is 0.0906. The summed E-state index contributed by atoms with van der Waals surface area (Å²) < 4.78 is 0. The average molecular weight is 318 g/mol. The highest BCUT2D eigenvalue weighted by Crippen LogP contribution is 2.49. The number of benzene rings is 1. The van der Waals surface area contributed by atoms with Crippen molar-refractivity contribution in [1.29, 1.82) is 0 Å². The quantitative estimate of drug-likeness (QED) is 0.780. The Morgan fingerprint density at radius 2 is 2.05 bits per heavy atom. The molecule has 5 nitrogen and oxygen atoms in total. The normalized spacial score (nSPS) is 23.5. The maximum atomic E-state index is 9.97. The van der Waals surface area contributed by atoms with Gasteiger partial charge in [-0.15, -0.1) is 0 Å². The minimum absolute atomic E-state index is 0.131. The van der Waals surface area contributed by atoms with Crippen LogP contribution in [0.2, 0.25) is 5.02 Å². The summed E-state index contributed by atoms with van der Waals surface area (Å²) in [5, 5.41) is 20.4. The Balaban J connectivity index is 1.87. The molecule has 114 valence electrons. The van der Waals surface area contributed by atoms with Gasteiger partial charge in [-0.2, -0.15) is 9.97 Å². The van der Waals surface area contributed by atoms with Crippen LogP contribution in [0.15, 0.2) is 18.2 Å². The van der Waals surface area contributed by atoms with Crippen molar-refractivity contribution in [2.24, 2.45) is 0 Å². The zero-order valence-electron chi connectivity index (χ0n) is 12.2. The molecule has 1 atom stereocenters. The van der Waals surface area contributed by atoms with Gasteiger partial charge in [0.15, 0.2) is 0 Å². The van der Waals surface area contributed by atoms with Crippen LogP contribution < -0.4 is 0 Å². The molecule has 2 aliphatic rings. The smallest absolute Gasteiger partial charge is 0.317 e. The highest BCUT2D eigenvalue weighted by atomic mass is 35.5. The van der Waals surface area contributed by atoms with E-state index >= 15 is 0 Å². The lowest BCUT2D eigenvalue weighted by Crippen LogP contribution is -2.47. The zero-order chi connectivity index (χ0) is 15.5. The predicted octanol–water partition coefficient (Wildman–Crippen LogP) is 2.37. The van der Waals surface area contributed by atoms with Crippen LogP contribution in [0.5, 0.6) is 11.9 Å². The number of hydrogen-bond acceptors (Lipinski definition) is 5. The first-order chi connectivity index (χ1) is 10.5. The minimum Gasteiger partial charge on any atom is -0.493 e. The third-order valence-electron chi connectivity index (χ3n) is 5.05. The van der Waals surface area contributed by atoms with Crippen molar-refractivity contribution in [3.8, 4) is 11.9 Å². The molecule has 2 N–H and O–H groups in total. The van der Waals surface area contributed by atoms with Crippen LogP contribution in [0.25, 0.3) is 0 Å². The molecular formula is C16H16ClN3O2. The molecule has 2 aromatic rings. The molecule has 0 bridgehead atoms. The van der Waals surface area contributed by atoms with E-state index in [2.05, 4.69) is 20.9 Å². The Morgan fingerprint density at radius 3 is 2.86 bits per heavy atom. The van der Waals surface area contributed by atoms with Crippen LogP contribution >= 0.6 is 11.6 Å². The van der Waals surface area contributed by atoms with Crippen molar-refractivity contribution >= 4 is 11.6 Å². The van der Waals surface area contributed by atoms with E-state index in [-0.39, 0.29) is 17.4 Å². The van der Waals surface area contributed by atoms with E-state index in [1.54, 1.807) is 0 Å². The molecule has 1 aromatic heterocycles. The van der Waals surface area contributed by atoms with Crippen molar-refractivity contribution in [3.05, 3.63) is 45.6 Å². The first-order valence-corrected chi connectivity index (χ1v) is 7.66. The molecule has 1 aliphatic heterocycles. The first kappa shape index (κ1) is 13.8. The summed E-state index contributed by atoms with van der Waals surface area (Å²) in [4.78, 5) is 10.0. The van der Waals surface area contributed by atoms with E-state index in [1.807, 2.05) is 19.2 Å². The van der Waals surface area contributed by atoms with E-state index in [0.717, 1.165) is 23.6 Å². The molecular weight excluding hydrogens is 302 g/mol. The van der Waals surface area contributed by atoms with Gasteiger partial charge in [0.2, 0.25) is 5.88 Å². The van der Waals surface area contributed by atoms with Crippen LogP contribution in [0, 0.1) is 0 Å². The highest BCUT2D eigenvalue weighted by Gasteiger charge is 2.46. The number of nitrogens with zero attached hydrogens (tertiary/aromatic N) is 3. The minimum atomic E-state index is -0.375. The largest absolute Gasteiger partial charge is 0.493 e. The summed E-state index contributed by atoms with van der Waals surface area (Å²) in [7, 11) is 2.05. The maximum Gasteiger partial charge on any atom is 0.317 e. The summed E-state index contributed by atoms with van der Waals surface area (Å²) in [6.07, 6.45) is 2.51. The lowest BCUT2D eigenvalue weighted by Gasteiger charge is -2.43. The van der Waals surface area contributed by atoms with Gasteiger partial charge in [-0.1, -0.05) is 23.7 Å². The van der Waals surface area contributed by atoms with Crippen LogP contribution in [-0.4, -0.2) is 32.1 Å². The molecule has 0 saturated heterocycles. The van der Waals surface area contributed by atoms with Crippen molar-refractivity contribution < 1.29 is 10.2 Å². The summed E-state index contributed by atoms with van der Waals surface area (Å²) in [6, 6.07) is 5.65. The van der Waals surface area contributed by atoms with Gasteiger partial charge >= 0.3 is 6.01 Å². The predicted molar refractivity (Wildman–Crippen MR) is 82.0 cm³/mol. The van der Waals surface area contributed by atoms with Crippen molar-refractivity contribution in [3.63, 3.8) is 0 Å². The molecule has 0 saturated carbocycles. The Bertz CT molecular complexity index is 780. The fourth-order valence-corrected chi connectivity index (χ4v) is 4.18. The molecule has 1 aromatic carbocycles. The molecule has 0 fully saturated rings. The first-order valence-electron chi connectivity index (χ1n) is 7.28. The molecule has 1 spiro atoms. The van der Waals surface area contributed by atoms with Gasteiger partial charge in [-0.25, -0.2) is 0 Å². The number of fused-ring (bicyclic) bond motifs is 3. The standard InChI is InChI=1S/C16H16ClN3O2/c1-20-8-10-13(18-15(22)19-14(10)21)7-16(20)6-5-9-11(16)3-2-4-12(9)17/h2-4H,5-8H2,1H3,(H2,18,19,21,22)/t16-/m0/s1. The lowest BCUT2D eigenvalue weighted by atomic mass is 9.81. The molecule has 0 amide bonds. The Kier molecular flexibility index (Phi) is 2.86. The van der Waals surface area contributed by atoms with Gasteiger partial charge in [0.05, 0.1) is 16.8 Å². The van der Waals surface area contributed by atoms with Crippen LogP contribution in [0.4, 0.5) is 0 Å². The van der Waals surface area contributed by atoms with E-state index in [9.17, 15) is 10.2 Å². The Hall–Kier alpha value is -1.85. The van der Waals surface area contributed by atoms with Gasteiger partial charge in [0.1, 0.15) is 0 Å². The summed E-state index contributed by atoms with van der Waals surface area (Å²) in [6.45, 7) is 0.549. The van der Waals surface area contributed by atoms with Crippen molar-refractivity contribution in [1.82, 2.24) is 14.9 Å². The molecule has 22 heavy (non-hydrogen) atoms. The fourth-order valence-electron chi connectivity index (χ4n) is 3.91. The van der Waals surface area contributed by atoms with Gasteiger partial charge in [-0.05, 0) is 37.1 Å². The Morgan fingerprint density at radius 1 is 1.23 bits per heavy atom. The van der Waals surface area contributed by atoms with Gasteiger partial charge in [-0.3, -0.25) is 4.90 Å². The molecule has 2 heterocycles. The van der Waals surface area contributed by atoms with Crippen LogP contribution in [0.3, 0.4) is 0 Å². The SMILES string of the molecule is CN1Cc2c(O)nc(O)nc2C[C@]12CCc1c(Cl)cccc12. The number of aromatic nitrogens is 2. The highest BCUT2D eigenvalue weighted by molar-refractivity contribution is 6.31. The van der Waals surface area contributed by atoms with Gasteiger partial charge in [0, 0.05) is 18.0 Å². The number of halogens is 1. The molecule has 0 radical (unpaired) electrons. The second-order valence-electron chi connectivity index (χ2n) is 6.10. The fraction of sp³-hybridized carbons (Fsp3) is 0.375. The summed E-state index contributed by atoms with van der Waals surface area (Å²) in [5.74, 6) is -0.131. The van der Waals surface area contributed by atoms with E-state index in [1.165, 1.54) is 11.1 Å². The maximum absolute atomic E-state index is 9.97. The van der Waals surface area contributed by atoms with Gasteiger partial charge < -0.3 is 10.2 Å². The third-order valence-corrected chi connectivity index (χ3v) is 5.41. The van der Waals surface area contributed by atoms with Crippen LogP contribution in [-0.2, 0) is 24.9 Å². The second kappa shape index (κ2) is 4.57. The van der Waals surface area contributed by atoms with Crippen LogP contribution in [0.1, 0.15) is 28.8 Å². The van der Waals surface area contributed by atoms with Crippen molar-refractivity contribution in [2.45, 2.75) is 31.3 Å². The number of hydrogen-bond donors (Lipinski definition) is 2. The number of likely N-dealkylation sites (N-methyl/N-ethyl adjacent to an activating group) is 1. The summed E-state index contributed by atoms with van der Waals surface area (Å²) >= 11 is 6.35. The summed E-state index contributed by atoms with van der Waals surface area (Å²) in [5.41, 5.74) is 3.66. The Labute approximate surface area is 133 Å². The van der Waals surface area contributed by atoms with E-state index < -0.39 is 0 Å². The van der Waals surface area contributed by atoms with E-state index in [4.69, 9.17) is 11.6 Å². The molecule has 4 rings (SSSR count). The monoisotopic (exact) mass is 317 g/mol. The van der Waals surface area contributed by atoms with Crippen molar-refractivity contribution in [2.75, 3.05) is 7.05 Å².